The predicted molar refractivity (Wildman–Crippen MR) is 51.1 cm³/mol. The molecule has 0 aliphatic heterocycles. The second-order valence-electron chi connectivity index (χ2n) is 2.58. The fourth-order valence-corrected chi connectivity index (χ4v) is 1.51. The van der Waals surface area contributed by atoms with Crippen LogP contribution in [-0.4, -0.2) is 0 Å². The van der Waals surface area contributed by atoms with Crippen LogP contribution in [0.25, 0.3) is 0 Å². The Morgan fingerprint density at radius 3 is 1.90 bits per heavy atom. The summed E-state index contributed by atoms with van der Waals surface area (Å²) in [5.74, 6) is 0. The Bertz CT molecular complexity index is 150. The molecule has 0 aromatic rings. The minimum absolute atomic E-state index is 1.12. The van der Waals surface area contributed by atoms with Crippen molar-refractivity contribution < 1.29 is 0 Å². The van der Waals surface area contributed by atoms with E-state index in [1.54, 1.807) is 11.8 Å². The molecule has 0 amide bonds. The minimum atomic E-state index is 1.12. The number of rotatable bonds is 3. The van der Waals surface area contributed by atoms with E-state index in [-0.39, 0.29) is 0 Å². The van der Waals surface area contributed by atoms with Gasteiger partial charge in [-0.2, -0.15) is 0 Å². The van der Waals surface area contributed by atoms with E-state index in [9.17, 15) is 0 Å². The van der Waals surface area contributed by atoms with Crippen LogP contribution in [0.5, 0.6) is 0 Å². The van der Waals surface area contributed by atoms with E-state index in [1.807, 2.05) is 6.92 Å². The van der Waals surface area contributed by atoms with Crippen molar-refractivity contribution in [1.29, 1.82) is 0 Å². The van der Waals surface area contributed by atoms with Gasteiger partial charge < -0.3 is 0 Å². The molecule has 58 valence electrons. The van der Waals surface area contributed by atoms with Gasteiger partial charge in [-0.1, -0.05) is 19.1 Å². The Morgan fingerprint density at radius 1 is 1.30 bits per heavy atom. The van der Waals surface area contributed by atoms with Crippen LogP contribution in [0.4, 0.5) is 0 Å². The summed E-state index contributed by atoms with van der Waals surface area (Å²) in [4.78, 5) is 2.63. The van der Waals surface area contributed by atoms with Gasteiger partial charge in [-0.25, -0.2) is 0 Å². The molecule has 0 saturated heterocycles. The van der Waals surface area contributed by atoms with E-state index in [2.05, 4.69) is 27.4 Å². The lowest BCUT2D eigenvalue weighted by Crippen LogP contribution is -1.77. The van der Waals surface area contributed by atoms with Gasteiger partial charge in [0.25, 0.3) is 0 Å². The second kappa shape index (κ2) is 4.62. The van der Waals surface area contributed by atoms with Crippen LogP contribution >= 0.6 is 11.8 Å². The van der Waals surface area contributed by atoms with Crippen LogP contribution in [0.3, 0.4) is 0 Å². The zero-order valence-corrected chi connectivity index (χ0v) is 8.14. The maximum absolute atomic E-state index is 3.85. The number of hydrogen-bond donors (Lipinski definition) is 0. The first kappa shape index (κ1) is 9.83. The van der Waals surface area contributed by atoms with Crippen LogP contribution in [0.1, 0.15) is 34.1 Å². The molecule has 0 aromatic heterocycles. The van der Waals surface area contributed by atoms with Crippen LogP contribution in [0.15, 0.2) is 22.0 Å². The van der Waals surface area contributed by atoms with E-state index >= 15 is 0 Å². The van der Waals surface area contributed by atoms with Gasteiger partial charge in [0.05, 0.1) is 0 Å². The summed E-state index contributed by atoms with van der Waals surface area (Å²) in [7, 11) is 0. The fourth-order valence-electron chi connectivity index (χ4n) is 0.738. The Balaban J connectivity index is 4.11. The van der Waals surface area contributed by atoms with Crippen molar-refractivity contribution in [2.24, 2.45) is 0 Å². The third-order valence-electron chi connectivity index (χ3n) is 1.18. The van der Waals surface area contributed by atoms with E-state index in [1.165, 1.54) is 15.4 Å². The Hall–Kier alpha value is -0.170. The minimum Gasteiger partial charge on any atom is -0.100 e. The molecule has 0 radical (unpaired) electrons. The molecule has 1 heteroatoms. The van der Waals surface area contributed by atoms with Gasteiger partial charge in [0.2, 0.25) is 0 Å². The fraction of sp³-hybridized carbons (Fsp3) is 0.556. The number of hydrogen-bond acceptors (Lipinski definition) is 1. The molecule has 0 fully saturated rings. The van der Waals surface area contributed by atoms with Gasteiger partial charge in [0.15, 0.2) is 0 Å². The summed E-state index contributed by atoms with van der Waals surface area (Å²) in [5, 5.41) is 0. The predicted octanol–water partition coefficient (Wildman–Crippen LogP) is 3.96. The molecule has 0 aliphatic carbocycles. The normalized spacial score (nSPS) is 9.20. The molecule has 0 unspecified atom stereocenters. The molecular formula is C9H16S. The molecule has 0 bridgehead atoms. The van der Waals surface area contributed by atoms with Crippen LogP contribution in [0, 0.1) is 0 Å². The van der Waals surface area contributed by atoms with Crippen molar-refractivity contribution in [3.63, 3.8) is 0 Å². The SMILES string of the molecule is C=C(C)SC(CC)=C(C)C. The summed E-state index contributed by atoms with van der Waals surface area (Å²) in [6.45, 7) is 12.4. The maximum Gasteiger partial charge on any atom is -0.0122 e. The van der Waals surface area contributed by atoms with Crippen LogP contribution in [-0.2, 0) is 0 Å². The van der Waals surface area contributed by atoms with Gasteiger partial charge >= 0.3 is 0 Å². The zero-order valence-electron chi connectivity index (χ0n) is 7.32. The molecule has 10 heavy (non-hydrogen) atoms. The average molecular weight is 156 g/mol. The summed E-state index contributed by atoms with van der Waals surface area (Å²) >= 11 is 1.79. The van der Waals surface area contributed by atoms with Crippen molar-refractivity contribution in [3.05, 3.63) is 22.0 Å². The van der Waals surface area contributed by atoms with Gasteiger partial charge in [-0.05, 0) is 37.0 Å². The van der Waals surface area contributed by atoms with Crippen molar-refractivity contribution in [2.75, 3.05) is 0 Å². The number of allylic oxidation sites excluding steroid dienone is 3. The van der Waals surface area contributed by atoms with E-state index in [0.717, 1.165) is 6.42 Å². The highest BCUT2D eigenvalue weighted by molar-refractivity contribution is 8.06. The van der Waals surface area contributed by atoms with E-state index < -0.39 is 0 Å². The smallest absolute Gasteiger partial charge is 0.0122 e. The van der Waals surface area contributed by atoms with Gasteiger partial charge in [0, 0.05) is 0 Å². The molecule has 0 aliphatic rings. The lowest BCUT2D eigenvalue weighted by atomic mass is 10.3. The first-order chi connectivity index (χ1) is 4.57. The Kier molecular flexibility index (Phi) is 4.54. The lowest BCUT2D eigenvalue weighted by molar-refractivity contribution is 1.15. The van der Waals surface area contributed by atoms with E-state index in [0.29, 0.717) is 0 Å². The standard InChI is InChI=1S/C9H16S/c1-6-9(7(2)3)10-8(4)5/h4,6H2,1-3,5H3. The average Bonchev–Trinajstić information content (AvgIpc) is 1.81. The molecule has 0 heterocycles. The van der Waals surface area contributed by atoms with Gasteiger partial charge in [-0.3, -0.25) is 0 Å². The first-order valence-electron chi connectivity index (χ1n) is 3.57. The third-order valence-corrected chi connectivity index (χ3v) is 2.47. The lowest BCUT2D eigenvalue weighted by Gasteiger charge is -2.04. The summed E-state index contributed by atoms with van der Waals surface area (Å²) < 4.78 is 0. The highest BCUT2D eigenvalue weighted by Gasteiger charge is 1.96. The van der Waals surface area contributed by atoms with Crippen molar-refractivity contribution >= 4 is 11.8 Å². The van der Waals surface area contributed by atoms with Gasteiger partial charge in [0.1, 0.15) is 0 Å². The molecule has 0 nitrogen and oxygen atoms in total. The molecular weight excluding hydrogens is 140 g/mol. The van der Waals surface area contributed by atoms with Crippen molar-refractivity contribution in [3.8, 4) is 0 Å². The van der Waals surface area contributed by atoms with Crippen LogP contribution in [0.2, 0.25) is 0 Å². The third kappa shape index (κ3) is 3.78. The Morgan fingerprint density at radius 2 is 1.80 bits per heavy atom. The largest absolute Gasteiger partial charge is 0.100 e. The van der Waals surface area contributed by atoms with Crippen molar-refractivity contribution in [2.45, 2.75) is 34.1 Å². The quantitative estimate of drug-likeness (QED) is 0.596. The zero-order chi connectivity index (χ0) is 8.15. The number of thioether (sulfide) groups is 1. The summed E-state index contributed by atoms with van der Waals surface area (Å²) in [6.07, 6.45) is 1.12. The maximum atomic E-state index is 3.85. The monoisotopic (exact) mass is 156 g/mol. The van der Waals surface area contributed by atoms with Crippen LogP contribution < -0.4 is 0 Å². The first-order valence-corrected chi connectivity index (χ1v) is 4.39. The second-order valence-corrected chi connectivity index (χ2v) is 3.97. The van der Waals surface area contributed by atoms with Gasteiger partial charge in [-0.15, -0.1) is 11.8 Å². The summed E-state index contributed by atoms with van der Waals surface area (Å²) in [6, 6.07) is 0. The van der Waals surface area contributed by atoms with E-state index in [4.69, 9.17) is 0 Å². The Labute approximate surface area is 68.4 Å². The molecule has 0 spiro atoms. The topological polar surface area (TPSA) is 0 Å². The molecule has 0 N–H and O–H groups in total. The molecule has 0 rings (SSSR count). The molecule has 0 atom stereocenters. The highest BCUT2D eigenvalue weighted by atomic mass is 32.2. The molecule has 0 saturated carbocycles. The highest BCUT2D eigenvalue weighted by Crippen LogP contribution is 2.28. The summed E-state index contributed by atoms with van der Waals surface area (Å²) in [5.41, 5.74) is 1.41. The van der Waals surface area contributed by atoms with Crippen molar-refractivity contribution in [1.82, 2.24) is 0 Å². The molecule has 0 aromatic carbocycles.